The molecule has 0 radical (unpaired) electrons. The molecule has 1 aromatic rings. The molecular formula is C13H18BrNO2. The molecule has 0 aromatic heterocycles. The van der Waals surface area contributed by atoms with Crippen molar-refractivity contribution in [1.29, 1.82) is 0 Å². The van der Waals surface area contributed by atoms with E-state index in [0.29, 0.717) is 0 Å². The number of aryl methyl sites for hydroxylation is 2. The summed E-state index contributed by atoms with van der Waals surface area (Å²) < 4.78 is 11.9. The molecule has 1 aromatic carbocycles. The van der Waals surface area contributed by atoms with Crippen LogP contribution in [0, 0.1) is 13.8 Å². The largest absolute Gasteiger partial charge is 0.359 e. The van der Waals surface area contributed by atoms with E-state index in [-0.39, 0.29) is 0 Å². The summed E-state index contributed by atoms with van der Waals surface area (Å²) in [6.45, 7) is 5.77. The van der Waals surface area contributed by atoms with Gasteiger partial charge in [-0.2, -0.15) is 0 Å². The maximum atomic E-state index is 5.40. The van der Waals surface area contributed by atoms with Gasteiger partial charge in [0.05, 0.1) is 18.8 Å². The molecule has 17 heavy (non-hydrogen) atoms. The molecule has 0 bridgehead atoms. The molecule has 1 aliphatic rings. The highest BCUT2D eigenvalue weighted by Gasteiger charge is 2.44. The van der Waals surface area contributed by atoms with Crippen LogP contribution in [0.4, 0.5) is 5.69 Å². The van der Waals surface area contributed by atoms with Gasteiger partial charge in [0.25, 0.3) is 0 Å². The van der Waals surface area contributed by atoms with Crippen LogP contribution in [-0.4, -0.2) is 33.1 Å². The summed E-state index contributed by atoms with van der Waals surface area (Å²) in [4.78, 5) is 2.27. The minimum Gasteiger partial charge on any atom is -0.359 e. The molecule has 3 nitrogen and oxygen atoms in total. The number of hydrogen-bond acceptors (Lipinski definition) is 3. The summed E-state index contributed by atoms with van der Waals surface area (Å²) in [6, 6.07) is 4.33. The molecule has 1 saturated heterocycles. The van der Waals surface area contributed by atoms with E-state index in [2.05, 4.69) is 46.8 Å². The van der Waals surface area contributed by atoms with E-state index < -0.39 is 5.79 Å². The van der Waals surface area contributed by atoms with Crippen LogP contribution in [0.15, 0.2) is 16.6 Å². The van der Waals surface area contributed by atoms with Crippen LogP contribution in [0.25, 0.3) is 0 Å². The van der Waals surface area contributed by atoms with Gasteiger partial charge < -0.3 is 14.4 Å². The van der Waals surface area contributed by atoms with Crippen LogP contribution in [0.5, 0.6) is 0 Å². The van der Waals surface area contributed by atoms with Crippen LogP contribution in [-0.2, 0) is 9.47 Å². The Kier molecular flexibility index (Phi) is 3.48. The molecule has 1 aliphatic heterocycles. The zero-order valence-corrected chi connectivity index (χ0v) is 12.3. The number of methoxy groups -OCH3 is 2. The van der Waals surface area contributed by atoms with E-state index in [1.807, 2.05) is 0 Å². The van der Waals surface area contributed by atoms with Crippen molar-refractivity contribution in [3.8, 4) is 0 Å². The molecular weight excluding hydrogens is 282 g/mol. The third kappa shape index (κ3) is 2.21. The summed E-state index contributed by atoms with van der Waals surface area (Å²) in [7, 11) is 3.38. The Morgan fingerprint density at radius 2 is 1.76 bits per heavy atom. The topological polar surface area (TPSA) is 21.7 Å². The summed E-state index contributed by atoms with van der Waals surface area (Å²) >= 11 is 3.63. The lowest BCUT2D eigenvalue weighted by Gasteiger charge is -2.49. The van der Waals surface area contributed by atoms with Crippen LogP contribution in [0.3, 0.4) is 0 Å². The van der Waals surface area contributed by atoms with E-state index in [1.165, 1.54) is 16.8 Å². The second-order valence-corrected chi connectivity index (χ2v) is 5.44. The fourth-order valence-corrected chi connectivity index (χ4v) is 3.27. The van der Waals surface area contributed by atoms with Crippen molar-refractivity contribution < 1.29 is 9.47 Å². The molecule has 2 rings (SSSR count). The standard InChI is InChI=1S/C13H18BrNO2/c1-9-5-10(2)12(11(14)6-9)15-7-13(8-15,16-3)17-4/h5-6H,7-8H2,1-4H3. The Balaban J connectivity index is 2.22. The first kappa shape index (κ1) is 12.9. The molecule has 94 valence electrons. The highest BCUT2D eigenvalue weighted by Crippen LogP contribution is 2.38. The molecule has 0 N–H and O–H groups in total. The Morgan fingerprint density at radius 3 is 2.24 bits per heavy atom. The van der Waals surface area contributed by atoms with E-state index >= 15 is 0 Å². The normalized spacial score (nSPS) is 18.1. The molecule has 4 heteroatoms. The van der Waals surface area contributed by atoms with E-state index in [0.717, 1.165) is 17.6 Å². The van der Waals surface area contributed by atoms with Gasteiger partial charge in [-0.3, -0.25) is 0 Å². The molecule has 0 saturated carbocycles. The van der Waals surface area contributed by atoms with Gasteiger partial charge in [0.1, 0.15) is 0 Å². The first-order valence-electron chi connectivity index (χ1n) is 5.63. The Morgan fingerprint density at radius 1 is 1.18 bits per heavy atom. The average Bonchev–Trinajstić information content (AvgIpc) is 2.20. The molecule has 0 aliphatic carbocycles. The van der Waals surface area contributed by atoms with Crippen molar-refractivity contribution >= 4 is 21.6 Å². The lowest BCUT2D eigenvalue weighted by Crippen LogP contribution is -2.64. The second-order valence-electron chi connectivity index (χ2n) is 4.59. The quantitative estimate of drug-likeness (QED) is 0.801. The third-order valence-electron chi connectivity index (χ3n) is 3.32. The monoisotopic (exact) mass is 299 g/mol. The van der Waals surface area contributed by atoms with Crippen molar-refractivity contribution in [3.63, 3.8) is 0 Å². The fraction of sp³-hybridized carbons (Fsp3) is 0.538. The van der Waals surface area contributed by atoms with Crippen LogP contribution >= 0.6 is 15.9 Å². The Bertz CT molecular complexity index is 398. The first-order valence-corrected chi connectivity index (χ1v) is 6.42. The van der Waals surface area contributed by atoms with Crippen molar-refractivity contribution in [2.45, 2.75) is 19.6 Å². The van der Waals surface area contributed by atoms with E-state index in [9.17, 15) is 0 Å². The minimum absolute atomic E-state index is 0.434. The van der Waals surface area contributed by atoms with Crippen molar-refractivity contribution in [2.24, 2.45) is 0 Å². The van der Waals surface area contributed by atoms with Gasteiger partial charge in [-0.1, -0.05) is 6.07 Å². The second kappa shape index (κ2) is 4.59. The van der Waals surface area contributed by atoms with Gasteiger partial charge in [0.15, 0.2) is 0 Å². The number of ether oxygens (including phenoxy) is 2. The first-order chi connectivity index (χ1) is 8.01. The molecule has 0 unspecified atom stereocenters. The van der Waals surface area contributed by atoms with Gasteiger partial charge in [-0.25, -0.2) is 0 Å². The molecule has 1 fully saturated rings. The van der Waals surface area contributed by atoms with Gasteiger partial charge in [-0.15, -0.1) is 0 Å². The number of halogens is 1. The van der Waals surface area contributed by atoms with E-state index in [1.54, 1.807) is 14.2 Å². The number of hydrogen-bond donors (Lipinski definition) is 0. The van der Waals surface area contributed by atoms with Gasteiger partial charge in [0.2, 0.25) is 5.79 Å². The highest BCUT2D eigenvalue weighted by molar-refractivity contribution is 9.10. The predicted molar refractivity (Wildman–Crippen MR) is 72.6 cm³/mol. The lowest BCUT2D eigenvalue weighted by atomic mass is 10.0. The number of benzene rings is 1. The van der Waals surface area contributed by atoms with Gasteiger partial charge in [0, 0.05) is 18.7 Å². The number of nitrogens with zero attached hydrogens (tertiary/aromatic N) is 1. The number of anilines is 1. The maximum Gasteiger partial charge on any atom is 0.203 e. The minimum atomic E-state index is -0.434. The molecule has 0 spiro atoms. The third-order valence-corrected chi connectivity index (χ3v) is 3.93. The van der Waals surface area contributed by atoms with Crippen LogP contribution in [0.2, 0.25) is 0 Å². The van der Waals surface area contributed by atoms with E-state index in [4.69, 9.17) is 9.47 Å². The van der Waals surface area contributed by atoms with Crippen LogP contribution < -0.4 is 4.90 Å². The SMILES string of the molecule is COC1(OC)CN(c2c(C)cc(C)cc2Br)C1. The summed E-state index contributed by atoms with van der Waals surface area (Å²) in [6.07, 6.45) is 0. The maximum absolute atomic E-state index is 5.40. The van der Waals surface area contributed by atoms with Crippen molar-refractivity contribution in [1.82, 2.24) is 0 Å². The summed E-state index contributed by atoms with van der Waals surface area (Å²) in [5.41, 5.74) is 3.78. The summed E-state index contributed by atoms with van der Waals surface area (Å²) in [5.74, 6) is -0.434. The zero-order chi connectivity index (χ0) is 12.6. The highest BCUT2D eigenvalue weighted by atomic mass is 79.9. The Labute approximate surface area is 111 Å². The van der Waals surface area contributed by atoms with Gasteiger partial charge >= 0.3 is 0 Å². The van der Waals surface area contributed by atoms with Crippen molar-refractivity contribution in [3.05, 3.63) is 27.7 Å². The average molecular weight is 300 g/mol. The lowest BCUT2D eigenvalue weighted by molar-refractivity contribution is -0.219. The fourth-order valence-electron chi connectivity index (χ4n) is 2.34. The smallest absolute Gasteiger partial charge is 0.203 e. The number of rotatable bonds is 3. The van der Waals surface area contributed by atoms with Crippen LogP contribution in [0.1, 0.15) is 11.1 Å². The van der Waals surface area contributed by atoms with Gasteiger partial charge in [-0.05, 0) is 47.0 Å². The summed E-state index contributed by atoms with van der Waals surface area (Å²) in [5, 5.41) is 0. The molecule has 0 atom stereocenters. The molecule has 1 heterocycles. The predicted octanol–water partition coefficient (Wildman–Crippen LogP) is 2.88. The van der Waals surface area contributed by atoms with Crippen molar-refractivity contribution in [2.75, 3.05) is 32.2 Å². The Hall–Kier alpha value is -0.580. The zero-order valence-electron chi connectivity index (χ0n) is 10.7. The molecule has 0 amide bonds.